The highest BCUT2D eigenvalue weighted by Crippen LogP contribution is 2.28. The lowest BCUT2D eigenvalue weighted by atomic mass is 9.86. The van der Waals surface area contributed by atoms with Crippen LogP contribution < -0.4 is 0 Å². The molecule has 0 saturated heterocycles. The van der Waals surface area contributed by atoms with Gasteiger partial charge >= 0.3 is 11.9 Å². The third kappa shape index (κ3) is 35.3. The zero-order valence-corrected chi connectivity index (χ0v) is 37.2. The Morgan fingerprint density at radius 3 is 1.43 bits per heavy atom. The second-order valence-corrected chi connectivity index (χ2v) is 17.3. The van der Waals surface area contributed by atoms with E-state index in [-0.39, 0.29) is 24.6 Å². The van der Waals surface area contributed by atoms with Crippen molar-refractivity contribution in [3.8, 4) is 0 Å². The van der Waals surface area contributed by atoms with Crippen LogP contribution in [0.2, 0.25) is 0 Å². The van der Waals surface area contributed by atoms with Crippen molar-refractivity contribution < 1.29 is 24.2 Å². The molecule has 0 aliphatic carbocycles. The fraction of sp³-hybridized carbons (Fsp3) is 0.958. The van der Waals surface area contributed by atoms with Gasteiger partial charge in [-0.2, -0.15) is 0 Å². The van der Waals surface area contributed by atoms with Crippen molar-refractivity contribution in [3.05, 3.63) is 0 Å². The number of rotatable bonds is 43. The molecule has 6 heteroatoms. The van der Waals surface area contributed by atoms with Crippen molar-refractivity contribution in [2.45, 2.75) is 259 Å². The third-order valence-corrected chi connectivity index (χ3v) is 11.4. The van der Waals surface area contributed by atoms with E-state index in [9.17, 15) is 14.7 Å². The Morgan fingerprint density at radius 2 is 0.926 bits per heavy atom. The summed E-state index contributed by atoms with van der Waals surface area (Å²) in [6.45, 7) is 14.9. The summed E-state index contributed by atoms with van der Waals surface area (Å²) in [7, 11) is 0. The molecule has 0 heterocycles. The second-order valence-electron chi connectivity index (χ2n) is 17.3. The molecule has 0 rings (SSSR count). The number of unbranched alkanes of at least 4 members (excludes halogenated alkanes) is 24. The average Bonchev–Trinajstić information content (AvgIpc) is 3.15. The Kier molecular flexibility index (Phi) is 39.2. The van der Waals surface area contributed by atoms with Crippen molar-refractivity contribution >= 4 is 11.9 Å². The quantitative estimate of drug-likeness (QED) is 0.0492. The van der Waals surface area contributed by atoms with Gasteiger partial charge in [-0.25, -0.2) is 0 Å². The molecule has 1 N–H and O–H groups in total. The van der Waals surface area contributed by atoms with E-state index in [0.29, 0.717) is 13.0 Å². The van der Waals surface area contributed by atoms with Crippen LogP contribution in [-0.2, 0) is 19.1 Å². The van der Waals surface area contributed by atoms with Gasteiger partial charge in [0.05, 0.1) is 12.0 Å². The fourth-order valence-corrected chi connectivity index (χ4v) is 7.47. The molecule has 0 amide bonds. The lowest BCUT2D eigenvalue weighted by Gasteiger charge is -2.27. The highest BCUT2D eigenvalue weighted by molar-refractivity contribution is 5.76. The summed E-state index contributed by atoms with van der Waals surface area (Å²) in [6, 6.07) is 0. The molecule has 0 spiro atoms. The summed E-state index contributed by atoms with van der Waals surface area (Å²) in [6.07, 6.45) is 39.8. The molecule has 0 atom stereocenters. The van der Waals surface area contributed by atoms with Gasteiger partial charge in [0.25, 0.3) is 0 Å². The van der Waals surface area contributed by atoms with E-state index in [0.717, 1.165) is 96.7 Å². The largest absolute Gasteiger partial charge is 0.466 e. The monoisotopic (exact) mass is 766 g/mol. The third-order valence-electron chi connectivity index (χ3n) is 11.4. The molecular formula is C48H95NO5. The SMILES string of the molecule is CCCCCCCCCCCC(=O)OCCCCCN(CCCCO)CCCCCCC(C)(C)C(=O)OC(CCCCCCCC)CCCCCCCC. The number of esters is 2. The van der Waals surface area contributed by atoms with Crippen LogP contribution in [0.25, 0.3) is 0 Å². The highest BCUT2D eigenvalue weighted by Gasteiger charge is 2.30. The van der Waals surface area contributed by atoms with Gasteiger partial charge in [0.1, 0.15) is 6.10 Å². The zero-order valence-electron chi connectivity index (χ0n) is 37.2. The van der Waals surface area contributed by atoms with Crippen molar-refractivity contribution in [1.82, 2.24) is 4.90 Å². The molecule has 0 radical (unpaired) electrons. The summed E-state index contributed by atoms with van der Waals surface area (Å²) in [4.78, 5) is 28.1. The lowest BCUT2D eigenvalue weighted by molar-refractivity contribution is -0.161. The first-order valence-electron chi connectivity index (χ1n) is 24.0. The summed E-state index contributed by atoms with van der Waals surface area (Å²) in [5, 5.41) is 9.31. The molecule has 0 aliphatic heterocycles. The van der Waals surface area contributed by atoms with E-state index < -0.39 is 5.41 Å². The van der Waals surface area contributed by atoms with Gasteiger partial charge in [0, 0.05) is 13.0 Å². The summed E-state index contributed by atoms with van der Waals surface area (Å²) >= 11 is 0. The van der Waals surface area contributed by atoms with Crippen LogP contribution in [0.4, 0.5) is 0 Å². The maximum absolute atomic E-state index is 13.4. The van der Waals surface area contributed by atoms with Crippen molar-refractivity contribution in [3.63, 3.8) is 0 Å². The molecule has 0 aromatic rings. The standard InChI is InChI=1S/C48H95NO5/c1-6-9-12-15-18-19-20-23-29-38-46(51)53-44-35-26-32-41-49(42-33-34-43-50)40-31-25-24-30-39-48(4,5)47(52)54-45(36-27-21-16-13-10-7-2)37-28-22-17-14-11-8-3/h45,50H,6-44H2,1-5H3. The zero-order chi connectivity index (χ0) is 39.8. The Hall–Kier alpha value is -1.14. The van der Waals surface area contributed by atoms with Crippen LogP contribution in [0.1, 0.15) is 253 Å². The lowest BCUT2D eigenvalue weighted by Crippen LogP contribution is -2.31. The van der Waals surface area contributed by atoms with Gasteiger partial charge < -0.3 is 19.5 Å². The molecule has 54 heavy (non-hydrogen) atoms. The molecule has 0 bridgehead atoms. The maximum Gasteiger partial charge on any atom is 0.311 e. The molecule has 0 unspecified atom stereocenters. The molecule has 0 fully saturated rings. The van der Waals surface area contributed by atoms with Gasteiger partial charge in [0.15, 0.2) is 0 Å². The topological polar surface area (TPSA) is 76.1 Å². The minimum absolute atomic E-state index is 0.00749. The first-order chi connectivity index (χ1) is 26.3. The second kappa shape index (κ2) is 40.1. The number of hydrogen-bond acceptors (Lipinski definition) is 6. The van der Waals surface area contributed by atoms with E-state index >= 15 is 0 Å². The minimum Gasteiger partial charge on any atom is -0.466 e. The number of hydrogen-bond donors (Lipinski definition) is 1. The molecule has 0 saturated carbocycles. The Bertz CT molecular complexity index is 786. The summed E-state index contributed by atoms with van der Waals surface area (Å²) < 4.78 is 11.8. The molecule has 6 nitrogen and oxygen atoms in total. The molecular weight excluding hydrogens is 671 g/mol. The van der Waals surface area contributed by atoms with Crippen LogP contribution in [0.3, 0.4) is 0 Å². The fourth-order valence-electron chi connectivity index (χ4n) is 7.47. The highest BCUT2D eigenvalue weighted by atomic mass is 16.5. The number of ether oxygens (including phenoxy) is 2. The number of nitrogens with zero attached hydrogens (tertiary/aromatic N) is 1. The first kappa shape index (κ1) is 52.9. The maximum atomic E-state index is 13.4. The van der Waals surface area contributed by atoms with Crippen LogP contribution >= 0.6 is 0 Å². The molecule has 0 aromatic heterocycles. The Labute approximate surface area is 337 Å². The number of carbonyl (C=O) groups excluding carboxylic acids is 2. The summed E-state index contributed by atoms with van der Waals surface area (Å²) in [5.74, 6) is -0.0202. The average molecular weight is 766 g/mol. The van der Waals surface area contributed by atoms with Crippen LogP contribution in [0, 0.1) is 5.41 Å². The number of aliphatic hydroxyl groups excluding tert-OH is 1. The molecule has 0 aliphatic rings. The molecule has 322 valence electrons. The number of aliphatic hydroxyl groups is 1. The number of carbonyl (C=O) groups is 2. The Morgan fingerprint density at radius 1 is 0.519 bits per heavy atom. The predicted octanol–water partition coefficient (Wildman–Crippen LogP) is 14.1. The van der Waals surface area contributed by atoms with Crippen molar-refractivity contribution in [1.29, 1.82) is 0 Å². The van der Waals surface area contributed by atoms with Crippen LogP contribution in [-0.4, -0.2) is 60.9 Å². The van der Waals surface area contributed by atoms with E-state index in [1.165, 1.54) is 135 Å². The van der Waals surface area contributed by atoms with Gasteiger partial charge in [-0.15, -0.1) is 0 Å². The van der Waals surface area contributed by atoms with E-state index in [1.807, 2.05) is 0 Å². The first-order valence-corrected chi connectivity index (χ1v) is 24.0. The minimum atomic E-state index is -0.432. The summed E-state index contributed by atoms with van der Waals surface area (Å²) in [5.41, 5.74) is -0.432. The van der Waals surface area contributed by atoms with Crippen LogP contribution in [0.5, 0.6) is 0 Å². The van der Waals surface area contributed by atoms with Crippen molar-refractivity contribution in [2.24, 2.45) is 5.41 Å². The molecule has 0 aromatic carbocycles. The van der Waals surface area contributed by atoms with Gasteiger partial charge in [-0.1, -0.05) is 156 Å². The predicted molar refractivity (Wildman–Crippen MR) is 232 cm³/mol. The smallest absolute Gasteiger partial charge is 0.311 e. The Balaban J connectivity index is 4.34. The normalized spacial score (nSPS) is 11.9. The van der Waals surface area contributed by atoms with E-state index in [2.05, 4.69) is 39.5 Å². The van der Waals surface area contributed by atoms with Crippen LogP contribution in [0.15, 0.2) is 0 Å². The van der Waals surface area contributed by atoms with Crippen molar-refractivity contribution in [2.75, 3.05) is 32.8 Å². The van der Waals surface area contributed by atoms with E-state index in [4.69, 9.17) is 9.47 Å². The van der Waals surface area contributed by atoms with Gasteiger partial charge in [-0.05, 0) is 111 Å². The van der Waals surface area contributed by atoms with Gasteiger partial charge in [0.2, 0.25) is 0 Å². The van der Waals surface area contributed by atoms with Gasteiger partial charge in [-0.3, -0.25) is 9.59 Å². The van der Waals surface area contributed by atoms with E-state index in [1.54, 1.807) is 0 Å².